The zero-order valence-corrected chi connectivity index (χ0v) is 18.0. The zero-order valence-electron chi connectivity index (χ0n) is 16.3. The Hall–Kier alpha value is -2.44. The first-order valence-corrected chi connectivity index (χ1v) is 11.2. The molecule has 0 aromatic heterocycles. The predicted octanol–water partition coefficient (Wildman–Crippen LogP) is 7.33. The zero-order chi connectivity index (χ0) is 19.7. The number of anilines is 2. The van der Waals surface area contributed by atoms with Gasteiger partial charge in [0.15, 0.2) is 0 Å². The number of fused-ring (bicyclic) bond motifs is 2. The van der Waals surface area contributed by atoms with Crippen molar-refractivity contribution in [1.82, 2.24) is 0 Å². The molecular weight excluding hydrogens is 384 g/mol. The van der Waals surface area contributed by atoms with Crippen LogP contribution in [0.2, 0.25) is 0 Å². The molecule has 0 saturated heterocycles. The number of aliphatic imine (C=N–C) groups is 2. The maximum atomic E-state index is 4.66. The van der Waals surface area contributed by atoms with Crippen LogP contribution in [0.5, 0.6) is 0 Å². The van der Waals surface area contributed by atoms with Crippen molar-refractivity contribution in [2.24, 2.45) is 9.98 Å². The fraction of sp³-hybridized carbons (Fsp3) is 0.182. The highest BCUT2D eigenvalue weighted by atomic mass is 33.1. The van der Waals surface area contributed by atoms with E-state index in [1.165, 1.54) is 9.79 Å². The van der Waals surface area contributed by atoms with Crippen LogP contribution in [-0.4, -0.2) is 11.4 Å². The molecule has 2 aliphatic rings. The van der Waals surface area contributed by atoms with Crippen molar-refractivity contribution in [3.63, 3.8) is 0 Å². The highest BCUT2D eigenvalue weighted by Crippen LogP contribution is 2.43. The number of benzene rings is 2. The van der Waals surface area contributed by atoms with Crippen LogP contribution in [0.3, 0.4) is 0 Å². The molecule has 0 radical (unpaired) electrons. The molecule has 2 aliphatic heterocycles. The Kier molecular flexibility index (Phi) is 5.33. The molecule has 2 aromatic carbocycles. The lowest BCUT2D eigenvalue weighted by Crippen LogP contribution is -1.95. The van der Waals surface area contributed by atoms with Crippen molar-refractivity contribution in [3.8, 4) is 0 Å². The summed E-state index contributed by atoms with van der Waals surface area (Å²) in [5.74, 6) is 0. The van der Waals surface area contributed by atoms with Gasteiger partial charge in [-0.05, 0) is 76.2 Å². The predicted molar refractivity (Wildman–Crippen MR) is 125 cm³/mol. The largest absolute Gasteiger partial charge is 0.357 e. The van der Waals surface area contributed by atoms with Gasteiger partial charge >= 0.3 is 0 Å². The summed E-state index contributed by atoms with van der Waals surface area (Å²) in [5, 5.41) is 6.88. The average Bonchev–Trinajstić information content (AvgIpc) is 2.86. The third-order valence-corrected chi connectivity index (χ3v) is 6.66. The summed E-state index contributed by atoms with van der Waals surface area (Å²) in [5.41, 5.74) is 8.28. The van der Waals surface area contributed by atoms with Gasteiger partial charge in [-0.15, -0.1) is 0 Å². The van der Waals surface area contributed by atoms with Crippen molar-refractivity contribution in [2.75, 3.05) is 10.6 Å². The molecule has 2 heterocycles. The second-order valence-corrected chi connectivity index (χ2v) is 9.21. The fourth-order valence-corrected chi connectivity index (χ4v) is 5.16. The Bertz CT molecular complexity index is 979. The summed E-state index contributed by atoms with van der Waals surface area (Å²) in [6.45, 7) is 8.17. The third-order valence-electron chi connectivity index (χ3n) is 4.28. The SMILES string of the molecule is CC1=CC(C)=Nc2ccc(SSc3ccc4c(c3)NC(C)=CC(C)=N4)cc2N1. The molecule has 2 N–H and O–H groups in total. The molecule has 0 fully saturated rings. The summed E-state index contributed by atoms with van der Waals surface area (Å²) in [6.07, 6.45) is 4.12. The quantitative estimate of drug-likeness (QED) is 0.524. The van der Waals surface area contributed by atoms with Crippen LogP contribution >= 0.6 is 21.6 Å². The second kappa shape index (κ2) is 7.89. The number of hydrogen-bond acceptors (Lipinski definition) is 6. The highest BCUT2D eigenvalue weighted by molar-refractivity contribution is 8.76. The molecule has 142 valence electrons. The van der Waals surface area contributed by atoms with E-state index in [2.05, 4.69) is 83.0 Å². The monoisotopic (exact) mass is 406 g/mol. The van der Waals surface area contributed by atoms with Crippen molar-refractivity contribution in [1.29, 1.82) is 0 Å². The molecule has 0 bridgehead atoms. The first-order chi connectivity index (χ1) is 13.5. The van der Waals surface area contributed by atoms with Gasteiger partial charge in [0, 0.05) is 32.6 Å². The van der Waals surface area contributed by atoms with E-state index in [0.717, 1.165) is 45.6 Å². The topological polar surface area (TPSA) is 48.8 Å². The van der Waals surface area contributed by atoms with E-state index in [4.69, 9.17) is 0 Å². The lowest BCUT2D eigenvalue weighted by Gasteiger charge is -2.11. The van der Waals surface area contributed by atoms with Crippen LogP contribution in [0.4, 0.5) is 22.7 Å². The standard InChI is InChI=1S/C22H22N4S2/c1-13-9-15(3)25-21-11-17(5-7-19(21)23-13)27-28-18-6-8-20-22(12-18)26-16(4)10-14(2)24-20/h5-12,25-26H,1-4H3. The second-order valence-electron chi connectivity index (χ2n) is 6.94. The van der Waals surface area contributed by atoms with Crippen molar-refractivity contribution in [3.05, 3.63) is 59.9 Å². The van der Waals surface area contributed by atoms with Crippen molar-refractivity contribution in [2.45, 2.75) is 37.5 Å². The normalized spacial score (nSPS) is 15.4. The van der Waals surface area contributed by atoms with E-state index < -0.39 is 0 Å². The fourth-order valence-electron chi connectivity index (χ4n) is 3.19. The number of allylic oxidation sites excluding steroid dienone is 4. The van der Waals surface area contributed by atoms with E-state index in [1.807, 2.05) is 13.8 Å². The third kappa shape index (κ3) is 4.34. The molecule has 28 heavy (non-hydrogen) atoms. The van der Waals surface area contributed by atoms with Gasteiger partial charge in [-0.2, -0.15) is 0 Å². The lowest BCUT2D eigenvalue weighted by atomic mass is 10.2. The Labute approximate surface area is 173 Å². The minimum absolute atomic E-state index is 0.977. The van der Waals surface area contributed by atoms with E-state index in [9.17, 15) is 0 Å². The minimum atomic E-state index is 0.977. The Balaban J connectivity index is 1.52. The Morgan fingerprint density at radius 2 is 1.07 bits per heavy atom. The molecule has 0 saturated carbocycles. The van der Waals surface area contributed by atoms with Crippen LogP contribution in [-0.2, 0) is 0 Å². The number of hydrogen-bond donors (Lipinski definition) is 2. The Morgan fingerprint density at radius 1 is 0.643 bits per heavy atom. The first kappa shape index (κ1) is 18.9. The molecule has 0 atom stereocenters. The van der Waals surface area contributed by atoms with E-state index in [-0.39, 0.29) is 0 Å². The molecule has 4 rings (SSSR count). The van der Waals surface area contributed by atoms with Crippen molar-refractivity contribution >= 4 is 55.8 Å². The number of nitrogens with zero attached hydrogens (tertiary/aromatic N) is 2. The van der Waals surface area contributed by atoms with Crippen LogP contribution in [0.25, 0.3) is 0 Å². The van der Waals surface area contributed by atoms with Gasteiger partial charge in [0.05, 0.1) is 22.7 Å². The summed E-state index contributed by atoms with van der Waals surface area (Å²) in [4.78, 5) is 11.7. The van der Waals surface area contributed by atoms with Gasteiger partial charge in [0.1, 0.15) is 0 Å². The number of rotatable bonds is 3. The van der Waals surface area contributed by atoms with Crippen LogP contribution in [0.15, 0.2) is 79.7 Å². The van der Waals surface area contributed by atoms with Gasteiger partial charge in [-0.1, -0.05) is 21.6 Å². The molecule has 0 aliphatic carbocycles. The van der Waals surface area contributed by atoms with Gasteiger partial charge in [0.25, 0.3) is 0 Å². The summed E-state index contributed by atoms with van der Waals surface area (Å²) in [6, 6.07) is 12.7. The highest BCUT2D eigenvalue weighted by Gasteiger charge is 2.11. The van der Waals surface area contributed by atoms with E-state index in [0.29, 0.717) is 0 Å². The maximum Gasteiger partial charge on any atom is 0.0868 e. The minimum Gasteiger partial charge on any atom is -0.357 e. The lowest BCUT2D eigenvalue weighted by molar-refractivity contribution is 1.35. The van der Waals surface area contributed by atoms with Crippen LogP contribution in [0, 0.1) is 0 Å². The molecule has 0 amide bonds. The maximum absolute atomic E-state index is 4.66. The van der Waals surface area contributed by atoms with Gasteiger partial charge < -0.3 is 10.6 Å². The van der Waals surface area contributed by atoms with Crippen LogP contribution < -0.4 is 10.6 Å². The van der Waals surface area contributed by atoms with Crippen LogP contribution in [0.1, 0.15) is 27.7 Å². The van der Waals surface area contributed by atoms with Gasteiger partial charge in [0.2, 0.25) is 0 Å². The Morgan fingerprint density at radius 3 is 1.50 bits per heavy atom. The van der Waals surface area contributed by atoms with Crippen molar-refractivity contribution < 1.29 is 0 Å². The summed E-state index contributed by atoms with van der Waals surface area (Å²) >= 11 is 0. The molecule has 2 aromatic rings. The molecule has 0 unspecified atom stereocenters. The summed E-state index contributed by atoms with van der Waals surface area (Å²) < 4.78 is 0. The first-order valence-electron chi connectivity index (χ1n) is 9.10. The summed E-state index contributed by atoms with van der Waals surface area (Å²) in [7, 11) is 3.49. The van der Waals surface area contributed by atoms with E-state index >= 15 is 0 Å². The smallest absolute Gasteiger partial charge is 0.0868 e. The van der Waals surface area contributed by atoms with E-state index in [1.54, 1.807) is 21.6 Å². The van der Waals surface area contributed by atoms with Gasteiger partial charge in [-0.3, -0.25) is 9.98 Å². The average molecular weight is 407 g/mol. The molecule has 4 nitrogen and oxygen atoms in total. The molecular formula is C22H22N4S2. The molecule has 0 spiro atoms. The number of nitrogens with one attached hydrogen (secondary N) is 2. The molecule has 6 heteroatoms. The van der Waals surface area contributed by atoms with Gasteiger partial charge in [-0.25, -0.2) is 0 Å².